The van der Waals surface area contributed by atoms with E-state index >= 15 is 0 Å². The van der Waals surface area contributed by atoms with Gasteiger partial charge in [-0.1, -0.05) is 34.1 Å². The minimum absolute atomic E-state index is 0.0185. The van der Waals surface area contributed by atoms with E-state index in [-0.39, 0.29) is 22.9 Å². The Balaban J connectivity index is 2.23. The lowest BCUT2D eigenvalue weighted by Crippen LogP contribution is -2.14. The molecule has 0 aliphatic carbocycles. The molecule has 0 saturated heterocycles. The van der Waals surface area contributed by atoms with Gasteiger partial charge in [0.2, 0.25) is 10.0 Å². The van der Waals surface area contributed by atoms with Crippen molar-refractivity contribution in [3.8, 4) is 5.75 Å². The number of ether oxygens (including phenoxy) is 1. The number of halogens is 1. The number of nitrogens with two attached hydrogens (primary N) is 2. The molecule has 2 aromatic rings. The van der Waals surface area contributed by atoms with E-state index in [0.717, 1.165) is 10.0 Å². The van der Waals surface area contributed by atoms with Crippen LogP contribution in [-0.2, 0) is 16.6 Å². The van der Waals surface area contributed by atoms with E-state index in [2.05, 4.69) is 15.9 Å². The summed E-state index contributed by atoms with van der Waals surface area (Å²) in [5, 5.41) is 5.08. The molecule has 7 heteroatoms. The number of primary sulfonamides is 1. The van der Waals surface area contributed by atoms with Crippen LogP contribution in [0.25, 0.3) is 0 Å². The average Bonchev–Trinajstić information content (AvgIpc) is 2.36. The van der Waals surface area contributed by atoms with Crippen LogP contribution >= 0.6 is 15.9 Å². The maximum Gasteiger partial charge on any atom is 0.240 e. The molecule has 0 unspecified atom stereocenters. The van der Waals surface area contributed by atoms with Crippen molar-refractivity contribution in [1.29, 1.82) is 0 Å². The smallest absolute Gasteiger partial charge is 0.240 e. The number of nitrogen functional groups attached to an aromatic ring is 1. The highest BCUT2D eigenvalue weighted by Crippen LogP contribution is 2.28. The van der Waals surface area contributed by atoms with Gasteiger partial charge >= 0.3 is 0 Å². The highest BCUT2D eigenvalue weighted by molar-refractivity contribution is 9.10. The summed E-state index contributed by atoms with van der Waals surface area (Å²) >= 11 is 3.36. The molecule has 2 aromatic carbocycles. The van der Waals surface area contributed by atoms with Crippen LogP contribution in [0.2, 0.25) is 0 Å². The summed E-state index contributed by atoms with van der Waals surface area (Å²) < 4.78 is 29.2. The number of hydrogen-bond acceptors (Lipinski definition) is 4. The summed E-state index contributed by atoms with van der Waals surface area (Å²) in [6, 6.07) is 12.1. The fraction of sp³-hybridized carbons (Fsp3) is 0.0769. The first-order chi connectivity index (χ1) is 9.38. The fourth-order valence-corrected chi connectivity index (χ4v) is 2.81. The largest absolute Gasteiger partial charge is 0.487 e. The van der Waals surface area contributed by atoms with E-state index in [4.69, 9.17) is 15.6 Å². The van der Waals surface area contributed by atoms with E-state index in [9.17, 15) is 8.42 Å². The first-order valence-corrected chi connectivity index (χ1v) is 8.00. The van der Waals surface area contributed by atoms with Crippen LogP contribution in [0.4, 0.5) is 5.69 Å². The number of para-hydroxylation sites is 1. The molecule has 0 heterocycles. The Morgan fingerprint density at radius 2 is 1.85 bits per heavy atom. The van der Waals surface area contributed by atoms with Crippen LogP contribution in [-0.4, -0.2) is 8.42 Å². The van der Waals surface area contributed by atoms with Gasteiger partial charge < -0.3 is 10.5 Å². The van der Waals surface area contributed by atoms with Crippen molar-refractivity contribution in [3.63, 3.8) is 0 Å². The molecule has 4 N–H and O–H groups in total. The monoisotopic (exact) mass is 356 g/mol. The molecule has 0 radical (unpaired) electrons. The van der Waals surface area contributed by atoms with Crippen LogP contribution in [0.3, 0.4) is 0 Å². The van der Waals surface area contributed by atoms with E-state index in [0.29, 0.717) is 0 Å². The van der Waals surface area contributed by atoms with Gasteiger partial charge in [0.1, 0.15) is 17.3 Å². The number of hydrogen-bond donors (Lipinski definition) is 2. The molecule has 0 spiro atoms. The Bertz CT molecular complexity index is 732. The van der Waals surface area contributed by atoms with Gasteiger partial charge in [0, 0.05) is 4.47 Å². The van der Waals surface area contributed by atoms with Crippen molar-refractivity contribution in [1.82, 2.24) is 0 Å². The van der Waals surface area contributed by atoms with Crippen molar-refractivity contribution in [3.05, 3.63) is 52.5 Å². The van der Waals surface area contributed by atoms with Gasteiger partial charge in [-0.15, -0.1) is 0 Å². The second-order valence-electron chi connectivity index (χ2n) is 4.13. The quantitative estimate of drug-likeness (QED) is 0.821. The summed E-state index contributed by atoms with van der Waals surface area (Å²) in [5.74, 6) is 0.288. The molecule has 0 saturated carbocycles. The molecular weight excluding hydrogens is 344 g/mol. The second-order valence-corrected chi connectivity index (χ2v) is 6.58. The van der Waals surface area contributed by atoms with Crippen LogP contribution in [0, 0.1) is 0 Å². The third-order valence-corrected chi connectivity index (χ3v) is 4.08. The highest BCUT2D eigenvalue weighted by Gasteiger charge is 2.15. The normalized spacial score (nSPS) is 11.3. The molecule has 20 heavy (non-hydrogen) atoms. The number of sulfonamides is 1. The number of anilines is 1. The van der Waals surface area contributed by atoms with Crippen molar-refractivity contribution in [2.45, 2.75) is 11.5 Å². The maximum atomic E-state index is 11.4. The van der Waals surface area contributed by atoms with Gasteiger partial charge in [-0.05, 0) is 29.8 Å². The molecule has 0 atom stereocenters. The van der Waals surface area contributed by atoms with Crippen molar-refractivity contribution < 1.29 is 13.2 Å². The summed E-state index contributed by atoms with van der Waals surface area (Å²) in [5.41, 5.74) is 6.72. The lowest BCUT2D eigenvalue weighted by atomic mass is 10.2. The summed E-state index contributed by atoms with van der Waals surface area (Å²) in [6.45, 7) is 0.276. The predicted octanol–water partition coefficient (Wildman–Crippen LogP) is 2.26. The third-order valence-electron chi connectivity index (χ3n) is 2.62. The van der Waals surface area contributed by atoms with E-state index in [1.54, 1.807) is 6.07 Å². The van der Waals surface area contributed by atoms with Gasteiger partial charge in [0.05, 0.1) is 5.69 Å². The number of benzene rings is 2. The van der Waals surface area contributed by atoms with Crippen molar-refractivity contribution >= 4 is 31.6 Å². The third kappa shape index (κ3) is 3.50. The first-order valence-electron chi connectivity index (χ1n) is 5.66. The van der Waals surface area contributed by atoms with Gasteiger partial charge in [0.15, 0.2) is 0 Å². The lowest BCUT2D eigenvalue weighted by Gasteiger charge is -2.11. The zero-order valence-corrected chi connectivity index (χ0v) is 12.8. The molecule has 0 bridgehead atoms. The summed E-state index contributed by atoms with van der Waals surface area (Å²) in [7, 11) is -3.86. The van der Waals surface area contributed by atoms with Crippen molar-refractivity contribution in [2.75, 3.05) is 5.73 Å². The predicted molar refractivity (Wildman–Crippen MR) is 80.7 cm³/mol. The molecule has 0 aliphatic heterocycles. The molecule has 106 valence electrons. The first kappa shape index (κ1) is 14.8. The van der Waals surface area contributed by atoms with Crippen LogP contribution < -0.4 is 15.6 Å². The summed E-state index contributed by atoms with van der Waals surface area (Å²) in [6.07, 6.45) is 0. The Kier molecular flexibility index (Phi) is 4.32. The van der Waals surface area contributed by atoms with Gasteiger partial charge in [-0.3, -0.25) is 0 Å². The van der Waals surface area contributed by atoms with Gasteiger partial charge in [0.25, 0.3) is 0 Å². The minimum atomic E-state index is -3.86. The maximum absolute atomic E-state index is 11.4. The number of rotatable bonds is 4. The van der Waals surface area contributed by atoms with Crippen molar-refractivity contribution in [2.24, 2.45) is 5.14 Å². The Labute approximate surface area is 125 Å². The minimum Gasteiger partial charge on any atom is -0.487 e. The lowest BCUT2D eigenvalue weighted by molar-refractivity contribution is 0.307. The average molecular weight is 357 g/mol. The fourth-order valence-electron chi connectivity index (χ4n) is 1.69. The SMILES string of the molecule is Nc1c(OCc2cccc(Br)c2)cccc1S(N)(=O)=O. The zero-order valence-electron chi connectivity index (χ0n) is 10.4. The molecule has 0 aliphatic rings. The standard InChI is InChI=1S/C13H13BrN2O3S/c14-10-4-1-3-9(7-10)8-19-11-5-2-6-12(13(11)15)20(16,17)18/h1-7H,8,15H2,(H2,16,17,18). The second kappa shape index (κ2) is 5.82. The zero-order chi connectivity index (χ0) is 14.8. The van der Waals surface area contributed by atoms with Gasteiger partial charge in [-0.2, -0.15) is 0 Å². The molecule has 5 nitrogen and oxygen atoms in total. The topological polar surface area (TPSA) is 95.4 Å². The Hall–Kier alpha value is -1.57. The van der Waals surface area contributed by atoms with E-state index in [1.165, 1.54) is 12.1 Å². The molecule has 0 aromatic heterocycles. The van der Waals surface area contributed by atoms with E-state index in [1.807, 2.05) is 24.3 Å². The van der Waals surface area contributed by atoms with Crippen LogP contribution in [0.1, 0.15) is 5.56 Å². The Morgan fingerprint density at radius 3 is 2.50 bits per heavy atom. The molecule has 0 fully saturated rings. The summed E-state index contributed by atoms with van der Waals surface area (Å²) in [4.78, 5) is -0.135. The molecular formula is C13H13BrN2O3S. The Morgan fingerprint density at radius 1 is 1.15 bits per heavy atom. The highest BCUT2D eigenvalue weighted by atomic mass is 79.9. The van der Waals surface area contributed by atoms with Crippen LogP contribution in [0.15, 0.2) is 51.8 Å². The van der Waals surface area contributed by atoms with E-state index < -0.39 is 10.0 Å². The van der Waals surface area contributed by atoms with Crippen LogP contribution in [0.5, 0.6) is 5.75 Å². The van der Waals surface area contributed by atoms with Gasteiger partial charge in [-0.25, -0.2) is 13.6 Å². The molecule has 2 rings (SSSR count). The molecule has 0 amide bonds.